The Morgan fingerprint density at radius 3 is 2.84 bits per heavy atom. The highest BCUT2D eigenvalue weighted by molar-refractivity contribution is 8.13. The molecule has 0 atom stereocenters. The van der Waals surface area contributed by atoms with Crippen LogP contribution in [0.25, 0.3) is 6.08 Å². The normalized spacial score (nSPS) is 10.4. The second-order valence-corrected chi connectivity index (χ2v) is 4.80. The first kappa shape index (κ1) is 15.3. The van der Waals surface area contributed by atoms with Crippen LogP contribution in [0.1, 0.15) is 12.5 Å². The molecule has 0 unspecified atom stereocenters. The SMILES string of the molecule is CC(=O)SCC=Cc1ccccc1OCC(=O)NN. The number of ether oxygens (including phenoxy) is 1. The Labute approximate surface area is 116 Å². The van der Waals surface area contributed by atoms with Crippen LogP contribution in [0.5, 0.6) is 5.75 Å². The van der Waals surface area contributed by atoms with Crippen LogP contribution in [0.4, 0.5) is 0 Å². The van der Waals surface area contributed by atoms with Crippen LogP contribution in [-0.4, -0.2) is 23.4 Å². The zero-order chi connectivity index (χ0) is 14.1. The summed E-state index contributed by atoms with van der Waals surface area (Å²) in [7, 11) is 0. The minimum Gasteiger partial charge on any atom is -0.483 e. The second kappa shape index (κ2) is 8.34. The average Bonchev–Trinajstić information content (AvgIpc) is 2.41. The van der Waals surface area contributed by atoms with Crippen molar-refractivity contribution in [2.45, 2.75) is 6.92 Å². The summed E-state index contributed by atoms with van der Waals surface area (Å²) in [5.74, 6) is 5.77. The van der Waals surface area contributed by atoms with Crippen molar-refractivity contribution < 1.29 is 14.3 Å². The topological polar surface area (TPSA) is 81.4 Å². The van der Waals surface area contributed by atoms with E-state index in [-0.39, 0.29) is 11.7 Å². The van der Waals surface area contributed by atoms with E-state index in [4.69, 9.17) is 10.6 Å². The van der Waals surface area contributed by atoms with Crippen LogP contribution in [0.3, 0.4) is 0 Å². The van der Waals surface area contributed by atoms with Crippen LogP contribution >= 0.6 is 11.8 Å². The van der Waals surface area contributed by atoms with Gasteiger partial charge in [0.2, 0.25) is 0 Å². The van der Waals surface area contributed by atoms with Crippen LogP contribution in [0, 0.1) is 0 Å². The molecule has 0 aliphatic heterocycles. The van der Waals surface area contributed by atoms with Gasteiger partial charge in [0.1, 0.15) is 5.75 Å². The molecule has 0 aromatic heterocycles. The molecule has 0 radical (unpaired) electrons. The van der Waals surface area contributed by atoms with Crippen molar-refractivity contribution in [3.63, 3.8) is 0 Å². The number of carbonyl (C=O) groups excluding carboxylic acids is 2. The van der Waals surface area contributed by atoms with Crippen LogP contribution < -0.4 is 16.0 Å². The lowest BCUT2D eigenvalue weighted by atomic mass is 10.2. The van der Waals surface area contributed by atoms with Gasteiger partial charge in [0, 0.05) is 18.2 Å². The van der Waals surface area contributed by atoms with E-state index in [9.17, 15) is 9.59 Å². The number of hydrazine groups is 1. The summed E-state index contributed by atoms with van der Waals surface area (Å²) < 4.78 is 5.35. The molecule has 3 N–H and O–H groups in total. The summed E-state index contributed by atoms with van der Waals surface area (Å²) in [4.78, 5) is 21.8. The molecule has 0 aliphatic rings. The van der Waals surface area contributed by atoms with Crippen LogP contribution in [0.15, 0.2) is 30.3 Å². The number of nitrogens with two attached hydrogens (primary N) is 1. The monoisotopic (exact) mass is 280 g/mol. The van der Waals surface area contributed by atoms with E-state index >= 15 is 0 Å². The molecule has 0 saturated heterocycles. The smallest absolute Gasteiger partial charge is 0.271 e. The molecule has 0 bridgehead atoms. The number of hydrogen-bond acceptors (Lipinski definition) is 5. The maximum absolute atomic E-state index is 11.0. The van der Waals surface area contributed by atoms with E-state index in [0.29, 0.717) is 11.5 Å². The lowest BCUT2D eigenvalue weighted by Gasteiger charge is -2.07. The minimum atomic E-state index is -0.397. The fourth-order valence-corrected chi connectivity index (χ4v) is 1.70. The molecule has 0 heterocycles. The Morgan fingerprint density at radius 2 is 2.16 bits per heavy atom. The van der Waals surface area contributed by atoms with Gasteiger partial charge in [-0.2, -0.15) is 0 Å². The number of rotatable bonds is 6. The van der Waals surface area contributed by atoms with Crippen molar-refractivity contribution in [2.75, 3.05) is 12.4 Å². The number of benzene rings is 1. The zero-order valence-corrected chi connectivity index (χ0v) is 11.4. The van der Waals surface area contributed by atoms with Gasteiger partial charge in [-0.1, -0.05) is 42.1 Å². The standard InChI is InChI=1S/C13H16N2O3S/c1-10(16)19-8-4-6-11-5-2-3-7-12(11)18-9-13(17)15-14/h2-7H,8-9,14H2,1H3,(H,15,17). The van der Waals surface area contributed by atoms with Crippen molar-refractivity contribution in [3.8, 4) is 5.75 Å². The molecular formula is C13H16N2O3S. The van der Waals surface area contributed by atoms with E-state index in [2.05, 4.69) is 0 Å². The second-order valence-electron chi connectivity index (χ2n) is 3.60. The third-order valence-electron chi connectivity index (χ3n) is 2.12. The molecule has 0 saturated carbocycles. The van der Waals surface area contributed by atoms with Crippen molar-refractivity contribution in [3.05, 3.63) is 35.9 Å². The van der Waals surface area contributed by atoms with Crippen molar-refractivity contribution in [2.24, 2.45) is 5.84 Å². The molecule has 1 rings (SSSR count). The van der Waals surface area contributed by atoms with E-state index in [1.54, 1.807) is 6.07 Å². The quantitative estimate of drug-likeness (QED) is 0.467. The molecule has 0 spiro atoms. The molecule has 5 nitrogen and oxygen atoms in total. The maximum atomic E-state index is 11.0. The fraction of sp³-hybridized carbons (Fsp3) is 0.231. The van der Waals surface area contributed by atoms with Crippen LogP contribution in [0.2, 0.25) is 0 Å². The Kier molecular flexibility index (Phi) is 6.70. The predicted octanol–water partition coefficient (Wildman–Crippen LogP) is 1.35. The predicted molar refractivity (Wildman–Crippen MR) is 76.4 cm³/mol. The molecule has 1 aromatic carbocycles. The van der Waals surface area contributed by atoms with Gasteiger partial charge in [-0.05, 0) is 6.07 Å². The van der Waals surface area contributed by atoms with Crippen LogP contribution in [-0.2, 0) is 9.59 Å². The van der Waals surface area contributed by atoms with Gasteiger partial charge >= 0.3 is 0 Å². The number of thioether (sulfide) groups is 1. The molecule has 0 fully saturated rings. The third-order valence-corrected chi connectivity index (χ3v) is 2.88. The van der Waals surface area contributed by atoms with Crippen molar-refractivity contribution in [1.82, 2.24) is 5.43 Å². The summed E-state index contributed by atoms with van der Waals surface area (Å²) in [5.41, 5.74) is 2.84. The number of para-hydroxylation sites is 1. The average molecular weight is 280 g/mol. The molecule has 19 heavy (non-hydrogen) atoms. The Morgan fingerprint density at radius 1 is 1.42 bits per heavy atom. The van der Waals surface area contributed by atoms with Gasteiger partial charge in [-0.3, -0.25) is 15.0 Å². The Hall–Kier alpha value is -1.79. The molecule has 102 valence electrons. The van der Waals surface area contributed by atoms with E-state index in [1.807, 2.05) is 35.8 Å². The lowest BCUT2D eigenvalue weighted by Crippen LogP contribution is -2.34. The highest BCUT2D eigenvalue weighted by Gasteiger charge is 2.03. The molecule has 0 aliphatic carbocycles. The van der Waals surface area contributed by atoms with Gasteiger partial charge in [0.05, 0.1) is 0 Å². The van der Waals surface area contributed by atoms with E-state index in [1.165, 1.54) is 18.7 Å². The summed E-state index contributed by atoms with van der Waals surface area (Å²) in [5, 5.41) is 0.0776. The molecule has 1 amide bonds. The van der Waals surface area contributed by atoms with Crippen molar-refractivity contribution in [1.29, 1.82) is 0 Å². The summed E-state index contributed by atoms with van der Waals surface area (Å²) in [6, 6.07) is 7.32. The van der Waals surface area contributed by atoms with E-state index < -0.39 is 5.91 Å². The molecule has 1 aromatic rings. The van der Waals surface area contributed by atoms with Gasteiger partial charge in [-0.15, -0.1) is 0 Å². The zero-order valence-electron chi connectivity index (χ0n) is 10.6. The Bertz CT molecular complexity index is 475. The van der Waals surface area contributed by atoms with Gasteiger partial charge in [0.15, 0.2) is 11.7 Å². The van der Waals surface area contributed by atoms with E-state index in [0.717, 1.165) is 5.56 Å². The summed E-state index contributed by atoms with van der Waals surface area (Å²) in [6.45, 7) is 1.39. The first-order chi connectivity index (χ1) is 9.13. The Balaban J connectivity index is 2.62. The highest BCUT2D eigenvalue weighted by atomic mass is 32.2. The first-order valence-electron chi connectivity index (χ1n) is 5.64. The largest absolute Gasteiger partial charge is 0.483 e. The number of amides is 1. The summed E-state index contributed by atoms with van der Waals surface area (Å²) >= 11 is 1.23. The van der Waals surface area contributed by atoms with Gasteiger partial charge in [0.25, 0.3) is 5.91 Å². The number of hydrogen-bond donors (Lipinski definition) is 2. The summed E-state index contributed by atoms with van der Waals surface area (Å²) in [6.07, 6.45) is 3.73. The molecule has 6 heteroatoms. The maximum Gasteiger partial charge on any atom is 0.271 e. The number of carbonyl (C=O) groups is 2. The van der Waals surface area contributed by atoms with Gasteiger partial charge < -0.3 is 4.74 Å². The lowest BCUT2D eigenvalue weighted by molar-refractivity contribution is -0.123. The molecular weight excluding hydrogens is 264 g/mol. The van der Waals surface area contributed by atoms with Gasteiger partial charge in [-0.25, -0.2) is 5.84 Å². The first-order valence-corrected chi connectivity index (χ1v) is 6.63. The minimum absolute atomic E-state index is 0.0776. The van der Waals surface area contributed by atoms with Crippen molar-refractivity contribution >= 4 is 28.9 Å². The highest BCUT2D eigenvalue weighted by Crippen LogP contribution is 2.19. The third kappa shape index (κ3) is 6.08. The fourth-order valence-electron chi connectivity index (χ4n) is 1.28. The number of nitrogens with one attached hydrogen (secondary N) is 1.